The summed E-state index contributed by atoms with van der Waals surface area (Å²) >= 11 is 0. The van der Waals surface area contributed by atoms with E-state index in [9.17, 15) is 13.2 Å². The standard InChI is InChI=1S/C19H20N2O6S/c1-25-15-4-6-16(7-5-15)28(23,24)21-11-10-20-19(22)9-3-14-2-8-17-18(12-14)27-13-26-17/h2-9,12,21H,10-11,13H2,1H3,(H,20,22)/b9-3+. The molecular weight excluding hydrogens is 384 g/mol. The molecule has 0 radical (unpaired) electrons. The summed E-state index contributed by atoms with van der Waals surface area (Å²) in [5.74, 6) is 1.54. The number of amides is 1. The predicted molar refractivity (Wildman–Crippen MR) is 103 cm³/mol. The van der Waals surface area contributed by atoms with E-state index in [-0.39, 0.29) is 30.7 Å². The quantitative estimate of drug-likeness (QED) is 0.511. The van der Waals surface area contributed by atoms with E-state index in [1.807, 2.05) is 0 Å². The molecule has 0 aliphatic carbocycles. The van der Waals surface area contributed by atoms with Crippen LogP contribution in [0.25, 0.3) is 6.08 Å². The highest BCUT2D eigenvalue weighted by atomic mass is 32.2. The molecule has 28 heavy (non-hydrogen) atoms. The van der Waals surface area contributed by atoms with Gasteiger partial charge in [0.2, 0.25) is 22.7 Å². The molecule has 1 amide bonds. The number of rotatable bonds is 8. The number of methoxy groups -OCH3 is 1. The maximum atomic E-state index is 12.2. The molecule has 0 unspecified atom stereocenters. The minimum atomic E-state index is -3.64. The van der Waals surface area contributed by atoms with E-state index in [1.165, 1.54) is 25.3 Å². The van der Waals surface area contributed by atoms with Crippen molar-refractivity contribution in [1.82, 2.24) is 10.0 Å². The first-order chi connectivity index (χ1) is 13.5. The van der Waals surface area contributed by atoms with E-state index in [0.29, 0.717) is 17.2 Å². The van der Waals surface area contributed by atoms with Crippen molar-refractivity contribution in [1.29, 1.82) is 0 Å². The molecule has 0 saturated carbocycles. The van der Waals surface area contributed by atoms with Gasteiger partial charge in [0.15, 0.2) is 11.5 Å². The molecule has 1 aliphatic rings. The average molecular weight is 404 g/mol. The molecule has 0 fully saturated rings. The van der Waals surface area contributed by atoms with Gasteiger partial charge in [-0.05, 0) is 48.0 Å². The van der Waals surface area contributed by atoms with Gasteiger partial charge >= 0.3 is 0 Å². The Morgan fingerprint density at radius 1 is 1.11 bits per heavy atom. The van der Waals surface area contributed by atoms with E-state index in [0.717, 1.165) is 5.56 Å². The summed E-state index contributed by atoms with van der Waals surface area (Å²) in [6, 6.07) is 11.4. The van der Waals surface area contributed by atoms with Gasteiger partial charge in [-0.1, -0.05) is 6.07 Å². The van der Waals surface area contributed by atoms with E-state index in [4.69, 9.17) is 14.2 Å². The SMILES string of the molecule is COc1ccc(S(=O)(=O)NCCNC(=O)/C=C/c2ccc3c(c2)OCO3)cc1. The second-order valence-electron chi connectivity index (χ2n) is 5.81. The lowest BCUT2D eigenvalue weighted by atomic mass is 10.2. The molecule has 2 N–H and O–H groups in total. The molecule has 0 spiro atoms. The number of ether oxygens (including phenoxy) is 3. The molecule has 9 heteroatoms. The number of benzene rings is 2. The Kier molecular flexibility index (Phi) is 6.17. The predicted octanol–water partition coefficient (Wildman–Crippen LogP) is 1.53. The summed E-state index contributed by atoms with van der Waals surface area (Å²) in [4.78, 5) is 12.0. The average Bonchev–Trinajstić information content (AvgIpc) is 3.17. The van der Waals surface area contributed by atoms with Crippen molar-refractivity contribution < 1.29 is 27.4 Å². The van der Waals surface area contributed by atoms with Crippen molar-refractivity contribution in [2.45, 2.75) is 4.90 Å². The maximum Gasteiger partial charge on any atom is 0.244 e. The van der Waals surface area contributed by atoms with Gasteiger partial charge in [0.25, 0.3) is 0 Å². The van der Waals surface area contributed by atoms with Crippen molar-refractivity contribution in [2.24, 2.45) is 0 Å². The number of sulfonamides is 1. The lowest BCUT2D eigenvalue weighted by Crippen LogP contribution is -2.34. The second kappa shape index (κ2) is 8.77. The van der Waals surface area contributed by atoms with Crippen LogP contribution in [0.4, 0.5) is 0 Å². The van der Waals surface area contributed by atoms with Gasteiger partial charge in [-0.15, -0.1) is 0 Å². The highest BCUT2D eigenvalue weighted by molar-refractivity contribution is 7.89. The van der Waals surface area contributed by atoms with Crippen LogP contribution in [0.15, 0.2) is 53.4 Å². The molecule has 148 valence electrons. The van der Waals surface area contributed by atoms with Crippen LogP contribution in [0.2, 0.25) is 0 Å². The van der Waals surface area contributed by atoms with Gasteiger partial charge in [0, 0.05) is 19.2 Å². The highest BCUT2D eigenvalue weighted by Gasteiger charge is 2.14. The number of fused-ring (bicyclic) bond motifs is 1. The molecule has 0 saturated heterocycles. The second-order valence-corrected chi connectivity index (χ2v) is 7.58. The van der Waals surface area contributed by atoms with Crippen LogP contribution in [-0.4, -0.2) is 41.3 Å². The Morgan fingerprint density at radius 2 is 1.86 bits per heavy atom. The Labute approximate surface area is 163 Å². The van der Waals surface area contributed by atoms with Crippen molar-refractivity contribution >= 4 is 22.0 Å². The summed E-state index contributed by atoms with van der Waals surface area (Å²) in [6.07, 6.45) is 3.01. The normalized spacial score (nSPS) is 12.9. The van der Waals surface area contributed by atoms with Crippen LogP contribution in [0.5, 0.6) is 17.2 Å². The largest absolute Gasteiger partial charge is 0.497 e. The zero-order valence-electron chi connectivity index (χ0n) is 15.2. The summed E-state index contributed by atoms with van der Waals surface area (Å²) in [5.41, 5.74) is 0.791. The molecule has 2 aromatic carbocycles. The molecule has 1 aliphatic heterocycles. The van der Waals surface area contributed by atoms with Crippen LogP contribution >= 0.6 is 0 Å². The minimum absolute atomic E-state index is 0.0674. The van der Waals surface area contributed by atoms with Gasteiger partial charge in [0.1, 0.15) is 5.75 Å². The number of carbonyl (C=O) groups excluding carboxylic acids is 1. The van der Waals surface area contributed by atoms with E-state index < -0.39 is 10.0 Å². The molecule has 8 nitrogen and oxygen atoms in total. The van der Waals surface area contributed by atoms with Gasteiger partial charge in [-0.2, -0.15) is 0 Å². The molecule has 0 aromatic heterocycles. The number of hydrogen-bond acceptors (Lipinski definition) is 6. The lowest BCUT2D eigenvalue weighted by Gasteiger charge is -2.08. The van der Waals surface area contributed by atoms with Crippen LogP contribution in [0.1, 0.15) is 5.56 Å². The Balaban J connectivity index is 1.44. The summed E-state index contributed by atoms with van der Waals surface area (Å²) in [6.45, 7) is 0.410. The first kappa shape index (κ1) is 19.7. The first-order valence-electron chi connectivity index (χ1n) is 8.47. The summed E-state index contributed by atoms with van der Waals surface area (Å²) < 4.78 is 42.3. The topological polar surface area (TPSA) is 103 Å². The van der Waals surface area contributed by atoms with Gasteiger partial charge in [-0.3, -0.25) is 4.79 Å². The third kappa shape index (κ3) is 5.02. The fourth-order valence-electron chi connectivity index (χ4n) is 2.46. The molecule has 0 bridgehead atoms. The van der Waals surface area contributed by atoms with E-state index in [2.05, 4.69) is 10.0 Å². The van der Waals surface area contributed by atoms with Crippen molar-refractivity contribution in [3.8, 4) is 17.2 Å². The molecular formula is C19H20N2O6S. The van der Waals surface area contributed by atoms with Crippen molar-refractivity contribution in [3.05, 3.63) is 54.1 Å². The molecule has 1 heterocycles. The minimum Gasteiger partial charge on any atom is -0.497 e. The molecule has 3 rings (SSSR count). The van der Waals surface area contributed by atoms with Crippen molar-refractivity contribution in [3.63, 3.8) is 0 Å². The van der Waals surface area contributed by atoms with E-state index in [1.54, 1.807) is 36.4 Å². The monoisotopic (exact) mass is 404 g/mol. The number of nitrogens with one attached hydrogen (secondary N) is 2. The maximum absolute atomic E-state index is 12.2. The number of hydrogen-bond donors (Lipinski definition) is 2. The van der Waals surface area contributed by atoms with Gasteiger partial charge in [-0.25, -0.2) is 13.1 Å². The summed E-state index contributed by atoms with van der Waals surface area (Å²) in [5, 5.41) is 2.62. The van der Waals surface area contributed by atoms with Gasteiger partial charge in [0.05, 0.1) is 12.0 Å². The molecule has 0 atom stereocenters. The fourth-order valence-corrected chi connectivity index (χ4v) is 3.49. The van der Waals surface area contributed by atoms with Gasteiger partial charge < -0.3 is 19.5 Å². The fraction of sp³-hybridized carbons (Fsp3) is 0.211. The third-order valence-electron chi connectivity index (χ3n) is 3.91. The zero-order chi connectivity index (χ0) is 20.0. The lowest BCUT2D eigenvalue weighted by molar-refractivity contribution is -0.116. The van der Waals surface area contributed by atoms with Crippen molar-refractivity contribution in [2.75, 3.05) is 27.0 Å². The Morgan fingerprint density at radius 3 is 2.61 bits per heavy atom. The number of carbonyl (C=O) groups is 1. The van der Waals surface area contributed by atoms with Crippen LogP contribution in [-0.2, 0) is 14.8 Å². The third-order valence-corrected chi connectivity index (χ3v) is 5.39. The van der Waals surface area contributed by atoms with E-state index >= 15 is 0 Å². The Hall–Kier alpha value is -3.04. The summed E-state index contributed by atoms with van der Waals surface area (Å²) in [7, 11) is -2.14. The highest BCUT2D eigenvalue weighted by Crippen LogP contribution is 2.32. The Bertz CT molecular complexity index is 970. The van der Waals surface area contributed by atoms with Crippen LogP contribution < -0.4 is 24.2 Å². The molecule has 2 aromatic rings. The first-order valence-corrected chi connectivity index (χ1v) is 9.95. The zero-order valence-corrected chi connectivity index (χ0v) is 16.0. The smallest absolute Gasteiger partial charge is 0.244 e. The van der Waals surface area contributed by atoms with Crippen LogP contribution in [0.3, 0.4) is 0 Å². The van der Waals surface area contributed by atoms with Crippen LogP contribution in [0, 0.1) is 0 Å².